The van der Waals surface area contributed by atoms with Gasteiger partial charge in [0, 0.05) is 18.7 Å². The summed E-state index contributed by atoms with van der Waals surface area (Å²) in [7, 11) is 0. The molecule has 1 amide bonds. The summed E-state index contributed by atoms with van der Waals surface area (Å²) in [5.74, 6) is -0.216. The fraction of sp³-hybridized carbons (Fsp3) is 0.250. The van der Waals surface area contributed by atoms with Gasteiger partial charge in [0.15, 0.2) is 0 Å². The first kappa shape index (κ1) is 17.7. The van der Waals surface area contributed by atoms with E-state index in [1.165, 1.54) is 24.3 Å². The maximum Gasteiger partial charge on any atom is 0.269 e. The number of aliphatic hydroxyl groups is 1. The number of rotatable bonds is 5. The third kappa shape index (κ3) is 3.18. The molecule has 0 spiro atoms. The Morgan fingerprint density at radius 1 is 1.12 bits per heavy atom. The van der Waals surface area contributed by atoms with Gasteiger partial charge in [-0.25, -0.2) is 0 Å². The van der Waals surface area contributed by atoms with Gasteiger partial charge in [-0.3, -0.25) is 14.9 Å². The fourth-order valence-corrected chi connectivity index (χ4v) is 3.32. The van der Waals surface area contributed by atoms with Crippen molar-refractivity contribution in [2.75, 3.05) is 0 Å². The van der Waals surface area contributed by atoms with Crippen molar-refractivity contribution in [3.63, 3.8) is 0 Å². The number of carbonyl (C=O) groups excluding carboxylic acids is 1. The smallest absolute Gasteiger partial charge is 0.269 e. The molecule has 0 radical (unpaired) electrons. The third-order valence-corrected chi connectivity index (χ3v) is 4.54. The summed E-state index contributed by atoms with van der Waals surface area (Å²) in [4.78, 5) is 25.0. The highest BCUT2D eigenvalue weighted by molar-refractivity contribution is 6.22. The summed E-state index contributed by atoms with van der Waals surface area (Å²) in [6, 6.07) is 14.9. The zero-order valence-electron chi connectivity index (χ0n) is 14.6. The normalized spacial score (nSPS) is 17.3. The Balaban J connectivity index is 1.97. The predicted molar refractivity (Wildman–Crippen MR) is 98.3 cm³/mol. The Morgan fingerprint density at radius 3 is 2.27 bits per heavy atom. The highest BCUT2D eigenvalue weighted by Gasteiger charge is 2.41. The van der Waals surface area contributed by atoms with Crippen LogP contribution in [-0.4, -0.2) is 26.9 Å². The van der Waals surface area contributed by atoms with Gasteiger partial charge >= 0.3 is 0 Å². The van der Waals surface area contributed by atoms with Crippen LogP contribution in [-0.2, 0) is 11.3 Å². The van der Waals surface area contributed by atoms with Crippen LogP contribution in [0.5, 0.6) is 0 Å². The van der Waals surface area contributed by atoms with E-state index in [0.29, 0.717) is 12.1 Å². The Bertz CT molecular complexity index is 857. The molecule has 6 nitrogen and oxygen atoms in total. The van der Waals surface area contributed by atoms with Gasteiger partial charge in [0.2, 0.25) is 0 Å². The molecule has 26 heavy (non-hydrogen) atoms. The number of nitro groups is 1. The van der Waals surface area contributed by atoms with Crippen molar-refractivity contribution in [2.45, 2.75) is 26.4 Å². The van der Waals surface area contributed by atoms with Crippen molar-refractivity contribution in [1.82, 2.24) is 4.90 Å². The molecule has 0 fully saturated rings. The molecule has 0 bridgehead atoms. The second kappa shape index (κ2) is 7.00. The molecular formula is C20H20N2O4. The van der Waals surface area contributed by atoms with Crippen LogP contribution >= 0.6 is 0 Å². The van der Waals surface area contributed by atoms with Gasteiger partial charge < -0.3 is 10.0 Å². The average Bonchev–Trinajstić information content (AvgIpc) is 2.86. The lowest BCUT2D eigenvalue weighted by Gasteiger charge is -2.28. The minimum atomic E-state index is -0.493. The number of nitrogens with zero attached hydrogens (tertiary/aromatic N) is 2. The van der Waals surface area contributed by atoms with Crippen LogP contribution in [0.25, 0.3) is 5.57 Å². The van der Waals surface area contributed by atoms with Gasteiger partial charge in [-0.05, 0) is 29.2 Å². The van der Waals surface area contributed by atoms with Crippen molar-refractivity contribution in [2.24, 2.45) is 5.92 Å². The van der Waals surface area contributed by atoms with Crippen molar-refractivity contribution in [3.8, 4) is 0 Å². The van der Waals surface area contributed by atoms with Crippen LogP contribution in [0.3, 0.4) is 0 Å². The van der Waals surface area contributed by atoms with E-state index in [9.17, 15) is 20.0 Å². The summed E-state index contributed by atoms with van der Waals surface area (Å²) < 4.78 is 0. The Labute approximate surface area is 151 Å². The second-order valence-electron chi connectivity index (χ2n) is 6.67. The quantitative estimate of drug-likeness (QED) is 0.653. The third-order valence-electron chi connectivity index (χ3n) is 4.54. The first-order chi connectivity index (χ1) is 12.4. The fourth-order valence-electron chi connectivity index (χ4n) is 3.32. The first-order valence-electron chi connectivity index (χ1n) is 8.43. The van der Waals surface area contributed by atoms with Gasteiger partial charge in [-0.1, -0.05) is 44.2 Å². The van der Waals surface area contributed by atoms with Crippen molar-refractivity contribution >= 4 is 17.2 Å². The summed E-state index contributed by atoms with van der Waals surface area (Å²) in [6.45, 7) is 4.29. The van der Waals surface area contributed by atoms with Gasteiger partial charge in [0.25, 0.3) is 11.6 Å². The van der Waals surface area contributed by atoms with Gasteiger partial charge in [-0.15, -0.1) is 0 Å². The summed E-state index contributed by atoms with van der Waals surface area (Å²) >= 11 is 0. The number of benzene rings is 2. The van der Waals surface area contributed by atoms with Crippen molar-refractivity contribution in [3.05, 3.63) is 81.6 Å². The molecule has 1 aliphatic rings. The molecule has 1 atom stereocenters. The molecule has 0 saturated carbocycles. The molecule has 2 aromatic carbocycles. The molecule has 1 N–H and O–H groups in total. The number of hydrogen-bond acceptors (Lipinski definition) is 4. The van der Waals surface area contributed by atoms with Crippen molar-refractivity contribution in [1.29, 1.82) is 0 Å². The molecule has 134 valence electrons. The van der Waals surface area contributed by atoms with E-state index in [4.69, 9.17) is 0 Å². The van der Waals surface area contributed by atoms with E-state index < -0.39 is 11.0 Å². The van der Waals surface area contributed by atoms with Gasteiger partial charge in [0.05, 0.1) is 16.5 Å². The lowest BCUT2D eigenvalue weighted by molar-refractivity contribution is -0.384. The first-order valence-corrected chi connectivity index (χ1v) is 8.43. The van der Waals surface area contributed by atoms with E-state index in [1.807, 2.05) is 44.2 Å². The number of non-ortho nitro benzene ring substituents is 1. The SMILES string of the molecule is CC(C)C1C(O)=C(c2ccc([N+](=O)[O-])cc2)C(=O)N1Cc1ccccc1. The lowest BCUT2D eigenvalue weighted by Crippen LogP contribution is -2.38. The second-order valence-corrected chi connectivity index (χ2v) is 6.67. The zero-order chi connectivity index (χ0) is 18.8. The Morgan fingerprint density at radius 2 is 1.73 bits per heavy atom. The van der Waals surface area contributed by atoms with E-state index in [0.717, 1.165) is 5.56 Å². The topological polar surface area (TPSA) is 83.7 Å². The summed E-state index contributed by atoms with van der Waals surface area (Å²) in [5.41, 5.74) is 1.62. The highest BCUT2D eigenvalue weighted by atomic mass is 16.6. The van der Waals surface area contributed by atoms with Gasteiger partial charge in [-0.2, -0.15) is 0 Å². The number of nitro benzene ring substituents is 1. The lowest BCUT2D eigenvalue weighted by atomic mass is 9.99. The van der Waals surface area contributed by atoms with Crippen LogP contribution < -0.4 is 0 Å². The minimum Gasteiger partial charge on any atom is -0.509 e. The molecule has 3 rings (SSSR count). The molecule has 1 unspecified atom stereocenters. The maximum atomic E-state index is 13.0. The monoisotopic (exact) mass is 352 g/mol. The molecular weight excluding hydrogens is 332 g/mol. The number of aliphatic hydroxyl groups excluding tert-OH is 1. The molecule has 0 aromatic heterocycles. The summed E-state index contributed by atoms with van der Waals surface area (Å²) in [6.07, 6.45) is 0. The Hall–Kier alpha value is -3.15. The summed E-state index contributed by atoms with van der Waals surface area (Å²) in [5, 5.41) is 21.6. The maximum absolute atomic E-state index is 13.0. The Kier molecular flexibility index (Phi) is 4.75. The number of hydrogen-bond donors (Lipinski definition) is 1. The van der Waals surface area contributed by atoms with E-state index in [2.05, 4.69) is 0 Å². The van der Waals surface area contributed by atoms with Crippen LogP contribution in [0.4, 0.5) is 5.69 Å². The number of carbonyl (C=O) groups is 1. The minimum absolute atomic E-state index is 0.0229. The molecule has 1 heterocycles. The highest BCUT2D eigenvalue weighted by Crippen LogP contribution is 2.36. The average molecular weight is 352 g/mol. The predicted octanol–water partition coefficient (Wildman–Crippen LogP) is 3.93. The van der Waals surface area contributed by atoms with Crippen molar-refractivity contribution < 1.29 is 14.8 Å². The largest absolute Gasteiger partial charge is 0.509 e. The van der Waals surface area contributed by atoms with E-state index in [1.54, 1.807) is 4.90 Å². The van der Waals surface area contributed by atoms with E-state index >= 15 is 0 Å². The zero-order valence-corrected chi connectivity index (χ0v) is 14.6. The standard InChI is InChI=1S/C20H20N2O4/c1-13(2)18-19(23)17(15-8-10-16(11-9-15)22(25)26)20(24)21(18)12-14-6-4-3-5-7-14/h3-11,13,18,23H,12H2,1-2H3. The van der Waals surface area contributed by atoms with Crippen LogP contribution in [0.1, 0.15) is 25.0 Å². The molecule has 0 aliphatic carbocycles. The van der Waals surface area contributed by atoms with Gasteiger partial charge in [0.1, 0.15) is 5.76 Å². The van der Waals surface area contributed by atoms with Crippen LogP contribution in [0.2, 0.25) is 0 Å². The van der Waals surface area contributed by atoms with Crippen LogP contribution in [0.15, 0.2) is 60.4 Å². The van der Waals surface area contributed by atoms with Crippen LogP contribution in [0, 0.1) is 16.0 Å². The van der Waals surface area contributed by atoms with E-state index in [-0.39, 0.29) is 28.8 Å². The molecule has 6 heteroatoms. The molecule has 0 saturated heterocycles. The number of amides is 1. The molecule has 1 aliphatic heterocycles. The molecule has 2 aromatic rings.